The van der Waals surface area contributed by atoms with Gasteiger partial charge in [0.15, 0.2) is 5.96 Å². The molecule has 1 aromatic carbocycles. The van der Waals surface area contributed by atoms with Gasteiger partial charge in [0.2, 0.25) is 0 Å². The average molecular weight is 347 g/mol. The standard InChI is InChI=1S/C20H34N4O/c1-4-25-19-11-9-18(10-12-19)17-23(3)20(21-2)22-13-5-6-14-24-15-7-8-16-24/h9-12H,4-8,13-17H2,1-3H3,(H,21,22). The van der Waals surface area contributed by atoms with Gasteiger partial charge >= 0.3 is 0 Å². The van der Waals surface area contributed by atoms with E-state index in [1.54, 1.807) is 0 Å². The largest absolute Gasteiger partial charge is 0.494 e. The Labute approximate surface area is 153 Å². The van der Waals surface area contributed by atoms with Crippen molar-refractivity contribution in [3.8, 4) is 5.75 Å². The summed E-state index contributed by atoms with van der Waals surface area (Å²) in [6, 6.07) is 8.29. The summed E-state index contributed by atoms with van der Waals surface area (Å²) in [5.74, 6) is 1.88. The van der Waals surface area contributed by atoms with E-state index in [9.17, 15) is 0 Å². The highest BCUT2D eigenvalue weighted by atomic mass is 16.5. The number of rotatable bonds is 9. The summed E-state index contributed by atoms with van der Waals surface area (Å²) in [7, 11) is 3.93. The quantitative estimate of drug-likeness (QED) is 0.424. The number of unbranched alkanes of at least 4 members (excludes halogenated alkanes) is 1. The third-order valence-electron chi connectivity index (χ3n) is 4.61. The zero-order valence-electron chi connectivity index (χ0n) is 16.1. The van der Waals surface area contributed by atoms with Crippen LogP contribution in [0, 0.1) is 0 Å². The second kappa shape index (κ2) is 11.0. The van der Waals surface area contributed by atoms with Gasteiger partial charge in [0.1, 0.15) is 5.75 Å². The summed E-state index contributed by atoms with van der Waals surface area (Å²) in [6.45, 7) is 8.34. The summed E-state index contributed by atoms with van der Waals surface area (Å²) < 4.78 is 5.49. The van der Waals surface area contributed by atoms with Gasteiger partial charge in [-0.05, 0) is 69.9 Å². The third kappa shape index (κ3) is 6.94. The van der Waals surface area contributed by atoms with E-state index < -0.39 is 0 Å². The van der Waals surface area contributed by atoms with Gasteiger partial charge in [-0.2, -0.15) is 0 Å². The lowest BCUT2D eigenvalue weighted by Gasteiger charge is -2.22. The summed E-state index contributed by atoms with van der Waals surface area (Å²) in [4.78, 5) is 9.14. The molecule has 5 heteroatoms. The van der Waals surface area contributed by atoms with Gasteiger partial charge < -0.3 is 19.9 Å². The van der Waals surface area contributed by atoms with Crippen molar-refractivity contribution in [1.29, 1.82) is 0 Å². The molecule has 1 aliphatic rings. The van der Waals surface area contributed by atoms with Crippen molar-refractivity contribution in [2.75, 3.05) is 46.9 Å². The van der Waals surface area contributed by atoms with Crippen LogP contribution in [0.2, 0.25) is 0 Å². The van der Waals surface area contributed by atoms with E-state index in [2.05, 4.69) is 39.3 Å². The Bertz CT molecular complexity index is 509. The van der Waals surface area contributed by atoms with Crippen molar-refractivity contribution in [1.82, 2.24) is 15.1 Å². The lowest BCUT2D eigenvalue weighted by atomic mass is 10.2. The van der Waals surface area contributed by atoms with Gasteiger partial charge in [-0.25, -0.2) is 0 Å². The minimum Gasteiger partial charge on any atom is -0.494 e. The smallest absolute Gasteiger partial charge is 0.193 e. The molecule has 2 rings (SSSR count). The maximum Gasteiger partial charge on any atom is 0.193 e. The van der Waals surface area contributed by atoms with Crippen LogP contribution in [0.25, 0.3) is 0 Å². The Morgan fingerprint density at radius 2 is 1.92 bits per heavy atom. The molecule has 0 bridgehead atoms. The highest BCUT2D eigenvalue weighted by Crippen LogP contribution is 2.13. The molecule has 1 N–H and O–H groups in total. The van der Waals surface area contributed by atoms with Crippen molar-refractivity contribution < 1.29 is 4.74 Å². The van der Waals surface area contributed by atoms with Crippen LogP contribution in [0.3, 0.4) is 0 Å². The molecule has 0 saturated carbocycles. The van der Waals surface area contributed by atoms with Crippen LogP contribution in [-0.2, 0) is 6.54 Å². The van der Waals surface area contributed by atoms with Gasteiger partial charge in [0.05, 0.1) is 6.61 Å². The van der Waals surface area contributed by atoms with E-state index >= 15 is 0 Å². The van der Waals surface area contributed by atoms with Gasteiger partial charge in [-0.15, -0.1) is 0 Å². The fourth-order valence-electron chi connectivity index (χ4n) is 3.26. The normalized spacial score (nSPS) is 15.4. The van der Waals surface area contributed by atoms with E-state index in [1.165, 1.54) is 50.9 Å². The summed E-state index contributed by atoms with van der Waals surface area (Å²) in [6.07, 6.45) is 5.20. The SMILES string of the molecule is CCOc1ccc(CN(C)C(=NC)NCCCCN2CCCC2)cc1. The summed E-state index contributed by atoms with van der Waals surface area (Å²) in [5.41, 5.74) is 1.25. The molecular weight excluding hydrogens is 312 g/mol. The van der Waals surface area contributed by atoms with Crippen molar-refractivity contribution in [2.45, 2.75) is 39.2 Å². The number of benzene rings is 1. The third-order valence-corrected chi connectivity index (χ3v) is 4.61. The summed E-state index contributed by atoms with van der Waals surface area (Å²) in [5, 5.41) is 3.48. The van der Waals surface area contributed by atoms with Crippen molar-refractivity contribution in [2.24, 2.45) is 4.99 Å². The van der Waals surface area contributed by atoms with E-state index in [-0.39, 0.29) is 0 Å². The van der Waals surface area contributed by atoms with Crippen LogP contribution in [0.5, 0.6) is 5.75 Å². The highest BCUT2D eigenvalue weighted by molar-refractivity contribution is 5.79. The molecule has 0 unspecified atom stereocenters. The maximum atomic E-state index is 5.49. The molecule has 0 aliphatic carbocycles. The first-order valence-corrected chi connectivity index (χ1v) is 9.58. The van der Waals surface area contributed by atoms with Crippen LogP contribution < -0.4 is 10.1 Å². The molecule has 1 heterocycles. The van der Waals surface area contributed by atoms with Gasteiger partial charge in [-0.3, -0.25) is 4.99 Å². The highest BCUT2D eigenvalue weighted by Gasteiger charge is 2.10. The van der Waals surface area contributed by atoms with Gasteiger partial charge in [0, 0.05) is 27.2 Å². The topological polar surface area (TPSA) is 40.1 Å². The zero-order valence-corrected chi connectivity index (χ0v) is 16.1. The Morgan fingerprint density at radius 3 is 2.56 bits per heavy atom. The molecule has 140 valence electrons. The van der Waals surface area contributed by atoms with Gasteiger partial charge in [0.25, 0.3) is 0 Å². The predicted molar refractivity (Wildman–Crippen MR) is 105 cm³/mol. The number of ether oxygens (including phenoxy) is 1. The number of aliphatic imine (C=N–C) groups is 1. The lowest BCUT2D eigenvalue weighted by Crippen LogP contribution is -2.39. The van der Waals surface area contributed by atoms with Crippen LogP contribution in [0.4, 0.5) is 0 Å². The Balaban J connectivity index is 1.67. The van der Waals surface area contributed by atoms with Gasteiger partial charge in [-0.1, -0.05) is 12.1 Å². The van der Waals surface area contributed by atoms with Crippen LogP contribution in [0.15, 0.2) is 29.3 Å². The first-order chi connectivity index (χ1) is 12.2. The molecule has 0 aromatic heterocycles. The number of guanidine groups is 1. The first kappa shape index (κ1) is 19.6. The molecule has 1 fully saturated rings. The minimum absolute atomic E-state index is 0.702. The van der Waals surface area contributed by atoms with Crippen molar-refractivity contribution >= 4 is 5.96 Å². The minimum atomic E-state index is 0.702. The molecular formula is C20H34N4O. The molecule has 0 spiro atoms. The molecule has 0 amide bonds. The fraction of sp³-hybridized carbons (Fsp3) is 0.650. The molecule has 0 radical (unpaired) electrons. The molecule has 1 saturated heterocycles. The Hall–Kier alpha value is -1.75. The molecule has 1 aliphatic heterocycles. The van der Waals surface area contributed by atoms with Crippen molar-refractivity contribution in [3.05, 3.63) is 29.8 Å². The monoisotopic (exact) mass is 346 g/mol. The molecule has 1 aromatic rings. The molecule has 25 heavy (non-hydrogen) atoms. The Kier molecular flexibility index (Phi) is 8.60. The van der Waals surface area contributed by atoms with Crippen LogP contribution in [0.1, 0.15) is 38.2 Å². The van der Waals surface area contributed by atoms with E-state index in [4.69, 9.17) is 4.74 Å². The second-order valence-corrected chi connectivity index (χ2v) is 6.66. The second-order valence-electron chi connectivity index (χ2n) is 6.66. The van der Waals surface area contributed by atoms with E-state index in [0.717, 1.165) is 24.8 Å². The maximum absolute atomic E-state index is 5.49. The Morgan fingerprint density at radius 1 is 1.20 bits per heavy atom. The van der Waals surface area contributed by atoms with Crippen LogP contribution in [-0.4, -0.2) is 62.6 Å². The number of likely N-dealkylation sites (tertiary alicyclic amines) is 1. The number of nitrogens with one attached hydrogen (secondary N) is 1. The zero-order chi connectivity index (χ0) is 17.9. The first-order valence-electron chi connectivity index (χ1n) is 9.58. The van der Waals surface area contributed by atoms with Crippen LogP contribution >= 0.6 is 0 Å². The molecule has 0 atom stereocenters. The lowest BCUT2D eigenvalue weighted by molar-refractivity contribution is 0.330. The summed E-state index contributed by atoms with van der Waals surface area (Å²) >= 11 is 0. The van der Waals surface area contributed by atoms with E-state index in [1.807, 2.05) is 26.1 Å². The number of hydrogen-bond acceptors (Lipinski definition) is 3. The fourth-order valence-corrected chi connectivity index (χ4v) is 3.26. The van der Waals surface area contributed by atoms with Crippen molar-refractivity contribution in [3.63, 3.8) is 0 Å². The number of hydrogen-bond donors (Lipinski definition) is 1. The molecule has 5 nitrogen and oxygen atoms in total. The number of nitrogens with zero attached hydrogens (tertiary/aromatic N) is 3. The predicted octanol–water partition coefficient (Wildman–Crippen LogP) is 2.97. The van der Waals surface area contributed by atoms with E-state index in [0.29, 0.717) is 6.61 Å². The average Bonchev–Trinajstić information content (AvgIpc) is 3.13.